The molecule has 1 aliphatic heterocycles. The number of hydrogen-bond donors (Lipinski definition) is 1. The molecular weight excluding hydrogens is 322 g/mol. The van der Waals surface area contributed by atoms with Crippen molar-refractivity contribution in [2.45, 2.75) is 19.9 Å². The summed E-state index contributed by atoms with van der Waals surface area (Å²) in [6.45, 7) is 6.46. The molecule has 0 aromatic heterocycles. The minimum atomic E-state index is -0.0762. The van der Waals surface area contributed by atoms with Crippen LogP contribution in [0.2, 0.25) is 5.02 Å². The van der Waals surface area contributed by atoms with Crippen LogP contribution in [-0.2, 0) is 0 Å². The highest BCUT2D eigenvalue weighted by Gasteiger charge is 2.26. The molecule has 1 N–H and O–H groups in total. The summed E-state index contributed by atoms with van der Waals surface area (Å²) >= 11 is 5.96. The van der Waals surface area contributed by atoms with Crippen molar-refractivity contribution in [3.8, 4) is 0 Å². The van der Waals surface area contributed by atoms with Gasteiger partial charge in [0.1, 0.15) is 0 Å². The Morgan fingerprint density at radius 3 is 2.58 bits per heavy atom. The highest BCUT2D eigenvalue weighted by atomic mass is 35.5. The monoisotopic (exact) mass is 343 g/mol. The number of halogens is 1. The number of nitrogens with zero attached hydrogens (tertiary/aromatic N) is 2. The van der Waals surface area contributed by atoms with Crippen molar-refractivity contribution in [3.05, 3.63) is 59.1 Å². The maximum absolute atomic E-state index is 12.5. The second kappa shape index (κ2) is 7.14. The minimum Gasteiger partial charge on any atom is -0.365 e. The van der Waals surface area contributed by atoms with Gasteiger partial charge in [0.15, 0.2) is 0 Å². The molecule has 2 aromatic rings. The Hall–Kier alpha value is -2.20. The van der Waals surface area contributed by atoms with E-state index in [1.807, 2.05) is 17.0 Å². The Morgan fingerprint density at radius 2 is 1.92 bits per heavy atom. The van der Waals surface area contributed by atoms with Crippen LogP contribution in [0.1, 0.15) is 12.5 Å². The van der Waals surface area contributed by atoms with Crippen molar-refractivity contribution in [2.24, 2.45) is 0 Å². The van der Waals surface area contributed by atoms with E-state index in [-0.39, 0.29) is 12.1 Å². The number of anilines is 2. The fraction of sp³-hybridized carbons (Fsp3) is 0.316. The molecule has 5 heteroatoms. The lowest BCUT2D eigenvalue weighted by atomic mass is 10.1. The molecule has 3 rings (SSSR count). The van der Waals surface area contributed by atoms with E-state index in [2.05, 4.69) is 48.3 Å². The molecule has 0 aliphatic carbocycles. The lowest BCUT2D eigenvalue weighted by Gasteiger charge is -2.41. The number of urea groups is 1. The summed E-state index contributed by atoms with van der Waals surface area (Å²) in [5, 5.41) is 3.54. The fourth-order valence-corrected chi connectivity index (χ4v) is 3.22. The van der Waals surface area contributed by atoms with Crippen molar-refractivity contribution in [2.75, 3.05) is 29.9 Å². The molecule has 24 heavy (non-hydrogen) atoms. The van der Waals surface area contributed by atoms with Gasteiger partial charge in [0.2, 0.25) is 0 Å². The first-order valence-corrected chi connectivity index (χ1v) is 8.55. The van der Waals surface area contributed by atoms with Crippen LogP contribution in [-0.4, -0.2) is 36.6 Å². The predicted molar refractivity (Wildman–Crippen MR) is 100 cm³/mol. The summed E-state index contributed by atoms with van der Waals surface area (Å²) < 4.78 is 0. The molecule has 1 heterocycles. The Labute approximate surface area is 148 Å². The first kappa shape index (κ1) is 16.7. The molecule has 0 radical (unpaired) electrons. The third kappa shape index (κ3) is 3.82. The van der Waals surface area contributed by atoms with Crippen LogP contribution in [0.4, 0.5) is 16.2 Å². The van der Waals surface area contributed by atoms with Gasteiger partial charge in [-0.2, -0.15) is 0 Å². The highest BCUT2D eigenvalue weighted by molar-refractivity contribution is 6.30. The zero-order valence-electron chi connectivity index (χ0n) is 14.0. The summed E-state index contributed by atoms with van der Waals surface area (Å²) in [6.07, 6.45) is 0. The van der Waals surface area contributed by atoms with Gasteiger partial charge < -0.3 is 15.1 Å². The zero-order chi connectivity index (χ0) is 17.1. The Bertz CT molecular complexity index is 717. The molecule has 2 amide bonds. The smallest absolute Gasteiger partial charge is 0.321 e. The second-order valence-electron chi connectivity index (χ2n) is 6.26. The van der Waals surface area contributed by atoms with E-state index in [0.717, 1.165) is 12.2 Å². The quantitative estimate of drug-likeness (QED) is 0.877. The molecule has 1 atom stereocenters. The number of carbonyl (C=O) groups excluding carboxylic acids is 1. The van der Waals surface area contributed by atoms with Gasteiger partial charge in [0, 0.05) is 42.1 Å². The van der Waals surface area contributed by atoms with Crippen molar-refractivity contribution in [1.82, 2.24) is 4.90 Å². The number of rotatable bonds is 2. The fourth-order valence-electron chi connectivity index (χ4n) is 3.03. The molecule has 0 unspecified atom stereocenters. The van der Waals surface area contributed by atoms with Gasteiger partial charge in [-0.25, -0.2) is 4.79 Å². The number of nitrogens with one attached hydrogen (secondary N) is 1. The third-order valence-electron chi connectivity index (χ3n) is 4.36. The van der Waals surface area contributed by atoms with E-state index in [9.17, 15) is 4.79 Å². The van der Waals surface area contributed by atoms with Crippen molar-refractivity contribution in [3.63, 3.8) is 0 Å². The van der Waals surface area contributed by atoms with Gasteiger partial charge in [0.25, 0.3) is 0 Å². The molecule has 1 aliphatic rings. The second-order valence-corrected chi connectivity index (χ2v) is 6.70. The molecule has 0 bridgehead atoms. The van der Waals surface area contributed by atoms with E-state index < -0.39 is 0 Å². The van der Waals surface area contributed by atoms with E-state index in [4.69, 9.17) is 11.6 Å². The van der Waals surface area contributed by atoms with E-state index in [1.54, 1.807) is 12.1 Å². The van der Waals surface area contributed by atoms with E-state index in [0.29, 0.717) is 18.1 Å². The Kier molecular flexibility index (Phi) is 4.95. The van der Waals surface area contributed by atoms with Crippen LogP contribution >= 0.6 is 11.6 Å². The number of benzene rings is 2. The summed E-state index contributed by atoms with van der Waals surface area (Å²) in [5.41, 5.74) is 3.19. The van der Waals surface area contributed by atoms with Gasteiger partial charge in [-0.15, -0.1) is 0 Å². The minimum absolute atomic E-state index is 0.0762. The van der Waals surface area contributed by atoms with E-state index in [1.165, 1.54) is 11.3 Å². The van der Waals surface area contributed by atoms with E-state index >= 15 is 0 Å². The number of carbonyl (C=O) groups is 1. The Balaban J connectivity index is 1.62. The lowest BCUT2D eigenvalue weighted by molar-refractivity contribution is 0.200. The molecule has 1 saturated heterocycles. The zero-order valence-corrected chi connectivity index (χ0v) is 14.8. The van der Waals surface area contributed by atoms with Crippen LogP contribution in [0, 0.1) is 6.92 Å². The van der Waals surface area contributed by atoms with Crippen molar-refractivity contribution in [1.29, 1.82) is 0 Å². The topological polar surface area (TPSA) is 35.6 Å². The van der Waals surface area contributed by atoms with Crippen molar-refractivity contribution < 1.29 is 4.79 Å². The summed E-state index contributed by atoms with van der Waals surface area (Å²) in [4.78, 5) is 16.7. The Morgan fingerprint density at radius 1 is 1.17 bits per heavy atom. The van der Waals surface area contributed by atoms with Gasteiger partial charge >= 0.3 is 6.03 Å². The molecule has 0 spiro atoms. The summed E-state index contributed by atoms with van der Waals surface area (Å²) in [7, 11) is 0. The number of aryl methyl sites for hydroxylation is 1. The number of amides is 2. The van der Waals surface area contributed by atoms with Gasteiger partial charge in [-0.1, -0.05) is 35.4 Å². The molecule has 1 fully saturated rings. The standard InChI is InChI=1S/C19H22ClN3O/c1-14-6-8-18(9-7-14)23-11-10-22(13-15(23)2)19(24)21-17-5-3-4-16(20)12-17/h3-9,12,15H,10-11,13H2,1-2H3,(H,21,24)/t15-/m0/s1. The average Bonchev–Trinajstić information content (AvgIpc) is 2.56. The lowest BCUT2D eigenvalue weighted by Crippen LogP contribution is -2.54. The maximum Gasteiger partial charge on any atom is 0.321 e. The summed E-state index contributed by atoms with van der Waals surface area (Å²) in [5.74, 6) is 0. The van der Waals surface area contributed by atoms with Gasteiger partial charge in [-0.05, 0) is 44.2 Å². The first-order chi connectivity index (χ1) is 11.5. The molecular formula is C19H22ClN3O. The predicted octanol–water partition coefficient (Wildman–Crippen LogP) is 4.39. The molecule has 2 aromatic carbocycles. The molecule has 126 valence electrons. The van der Waals surface area contributed by atoms with Crippen LogP contribution < -0.4 is 10.2 Å². The first-order valence-electron chi connectivity index (χ1n) is 8.18. The molecule has 4 nitrogen and oxygen atoms in total. The van der Waals surface area contributed by atoms with Crippen molar-refractivity contribution >= 4 is 29.0 Å². The maximum atomic E-state index is 12.5. The highest BCUT2D eigenvalue weighted by Crippen LogP contribution is 2.22. The van der Waals surface area contributed by atoms with Gasteiger partial charge in [-0.3, -0.25) is 0 Å². The van der Waals surface area contributed by atoms with Crippen LogP contribution in [0.3, 0.4) is 0 Å². The average molecular weight is 344 g/mol. The third-order valence-corrected chi connectivity index (χ3v) is 4.59. The number of hydrogen-bond acceptors (Lipinski definition) is 2. The molecule has 0 saturated carbocycles. The largest absolute Gasteiger partial charge is 0.365 e. The van der Waals surface area contributed by atoms with Crippen LogP contribution in [0.25, 0.3) is 0 Å². The summed E-state index contributed by atoms with van der Waals surface area (Å²) in [6, 6.07) is 16.0. The van der Waals surface area contributed by atoms with Gasteiger partial charge in [0.05, 0.1) is 0 Å². The SMILES string of the molecule is Cc1ccc(N2CCN(C(=O)Nc3cccc(Cl)c3)C[C@@H]2C)cc1. The van der Waals surface area contributed by atoms with Crippen LogP contribution in [0.15, 0.2) is 48.5 Å². The van der Waals surface area contributed by atoms with Crippen LogP contribution in [0.5, 0.6) is 0 Å². The normalized spacial score (nSPS) is 17.7. The number of piperazine rings is 1.